The minimum atomic E-state index is -3.67. The molecule has 4 nitrogen and oxygen atoms in total. The first-order chi connectivity index (χ1) is 12.6. The van der Waals surface area contributed by atoms with Crippen LogP contribution in [0.3, 0.4) is 0 Å². The van der Waals surface area contributed by atoms with Crippen molar-refractivity contribution >= 4 is 33.2 Å². The van der Waals surface area contributed by atoms with Gasteiger partial charge in [0.05, 0.1) is 10.5 Å². The van der Waals surface area contributed by atoms with Crippen LogP contribution in [-0.2, 0) is 10.0 Å². The second kappa shape index (κ2) is 7.72. The summed E-state index contributed by atoms with van der Waals surface area (Å²) in [6, 6.07) is 10.1. The van der Waals surface area contributed by atoms with Crippen molar-refractivity contribution in [2.45, 2.75) is 56.1 Å². The van der Waals surface area contributed by atoms with Crippen LogP contribution in [-0.4, -0.2) is 25.2 Å². The Morgan fingerprint density at radius 1 is 1.07 bits per heavy atom. The predicted octanol–water partition coefficient (Wildman–Crippen LogP) is 4.94. The van der Waals surface area contributed by atoms with Crippen molar-refractivity contribution in [3.63, 3.8) is 0 Å². The Morgan fingerprint density at radius 3 is 2.30 bits per heavy atom. The normalized spacial score (nSPS) is 23.4. The van der Waals surface area contributed by atoms with E-state index < -0.39 is 15.6 Å². The summed E-state index contributed by atoms with van der Waals surface area (Å²) < 4.78 is 28.2. The zero-order valence-electron chi connectivity index (χ0n) is 15.3. The summed E-state index contributed by atoms with van der Waals surface area (Å²) in [7, 11) is -3.67. The molecule has 2 aromatic carbocycles. The van der Waals surface area contributed by atoms with Crippen molar-refractivity contribution in [2.75, 3.05) is 0 Å². The van der Waals surface area contributed by atoms with E-state index in [-0.39, 0.29) is 10.9 Å². The van der Waals surface area contributed by atoms with Gasteiger partial charge in [0.15, 0.2) is 0 Å². The number of benzene rings is 2. The summed E-state index contributed by atoms with van der Waals surface area (Å²) in [5.74, 6) is 0. The molecule has 2 N–H and O–H groups in total. The number of aryl methyl sites for hydroxylation is 1. The Morgan fingerprint density at radius 2 is 1.70 bits per heavy atom. The topological polar surface area (TPSA) is 66.4 Å². The fraction of sp³-hybridized carbons (Fsp3) is 0.400. The van der Waals surface area contributed by atoms with Crippen LogP contribution in [0.15, 0.2) is 41.3 Å². The van der Waals surface area contributed by atoms with Gasteiger partial charge in [-0.2, -0.15) is 0 Å². The Labute approximate surface area is 170 Å². The van der Waals surface area contributed by atoms with Gasteiger partial charge in [-0.05, 0) is 74.9 Å². The molecule has 2 aromatic rings. The Balaban J connectivity index is 1.82. The third-order valence-corrected chi connectivity index (χ3v) is 7.18. The number of rotatable bonds is 4. The van der Waals surface area contributed by atoms with Crippen LogP contribution >= 0.6 is 23.2 Å². The van der Waals surface area contributed by atoms with Crippen LogP contribution in [0.1, 0.15) is 38.2 Å². The number of halogens is 2. The molecule has 0 unspecified atom stereocenters. The molecule has 0 aliphatic heterocycles. The van der Waals surface area contributed by atoms with Gasteiger partial charge >= 0.3 is 0 Å². The second-order valence-electron chi connectivity index (χ2n) is 7.49. The molecule has 1 aliphatic carbocycles. The molecule has 1 fully saturated rings. The quantitative estimate of drug-likeness (QED) is 0.725. The molecule has 7 heteroatoms. The summed E-state index contributed by atoms with van der Waals surface area (Å²) in [6.45, 7) is 3.72. The van der Waals surface area contributed by atoms with Crippen LogP contribution in [0, 0.1) is 6.92 Å². The fourth-order valence-electron chi connectivity index (χ4n) is 3.46. The van der Waals surface area contributed by atoms with Gasteiger partial charge < -0.3 is 5.11 Å². The van der Waals surface area contributed by atoms with Crippen LogP contribution in [0.4, 0.5) is 0 Å². The standard InChI is InChI=1S/C20H23Cl2NO3S/c1-13-11-14(21)3-5-17(13)18-6-4-16(12-19(18)22)27(25,26)23-15-7-9-20(2,24)10-8-15/h3-6,11-12,15,23-24H,7-10H2,1-2H3. The molecule has 0 bridgehead atoms. The fourth-order valence-corrected chi connectivity index (χ4v) is 5.36. The molecule has 3 rings (SSSR count). The third-order valence-electron chi connectivity index (χ3n) is 5.11. The maximum Gasteiger partial charge on any atom is 0.240 e. The first-order valence-corrected chi connectivity index (χ1v) is 11.1. The number of nitrogens with one attached hydrogen (secondary N) is 1. The predicted molar refractivity (Wildman–Crippen MR) is 110 cm³/mol. The molecule has 1 aliphatic rings. The number of hydrogen-bond acceptors (Lipinski definition) is 3. The van der Waals surface area contributed by atoms with E-state index in [1.54, 1.807) is 25.1 Å². The lowest BCUT2D eigenvalue weighted by atomic mass is 9.84. The minimum absolute atomic E-state index is 0.139. The van der Waals surface area contributed by atoms with E-state index in [1.165, 1.54) is 6.07 Å². The highest BCUT2D eigenvalue weighted by Crippen LogP contribution is 2.34. The van der Waals surface area contributed by atoms with E-state index >= 15 is 0 Å². The van der Waals surface area contributed by atoms with Gasteiger partial charge in [0, 0.05) is 21.7 Å². The Bertz CT molecular complexity index is 948. The van der Waals surface area contributed by atoms with Crippen molar-refractivity contribution in [3.05, 3.63) is 52.0 Å². The maximum absolute atomic E-state index is 12.7. The molecule has 0 spiro atoms. The number of aliphatic hydroxyl groups is 1. The molecular weight excluding hydrogens is 405 g/mol. The average molecular weight is 428 g/mol. The van der Waals surface area contributed by atoms with Crippen LogP contribution in [0.25, 0.3) is 11.1 Å². The molecule has 0 atom stereocenters. The largest absolute Gasteiger partial charge is 0.390 e. The number of sulfonamides is 1. The molecule has 146 valence electrons. The molecule has 0 heterocycles. The van der Waals surface area contributed by atoms with Crippen molar-refractivity contribution in [2.24, 2.45) is 0 Å². The molecule has 27 heavy (non-hydrogen) atoms. The SMILES string of the molecule is Cc1cc(Cl)ccc1-c1ccc(S(=O)(=O)NC2CCC(C)(O)CC2)cc1Cl. The third kappa shape index (κ3) is 4.84. The lowest BCUT2D eigenvalue weighted by Crippen LogP contribution is -2.42. The molecule has 0 aromatic heterocycles. The molecular formula is C20H23Cl2NO3S. The highest BCUT2D eigenvalue weighted by molar-refractivity contribution is 7.89. The maximum atomic E-state index is 12.7. The van der Waals surface area contributed by atoms with E-state index in [2.05, 4.69) is 4.72 Å². The number of hydrogen-bond donors (Lipinski definition) is 2. The van der Waals surface area contributed by atoms with Gasteiger partial charge in [-0.3, -0.25) is 0 Å². The summed E-state index contributed by atoms with van der Waals surface area (Å²) >= 11 is 12.4. The van der Waals surface area contributed by atoms with E-state index in [0.717, 1.165) is 16.7 Å². The summed E-state index contributed by atoms with van der Waals surface area (Å²) in [5, 5.41) is 11.0. The van der Waals surface area contributed by atoms with Gasteiger partial charge in [-0.15, -0.1) is 0 Å². The van der Waals surface area contributed by atoms with Crippen LogP contribution in [0.2, 0.25) is 10.0 Å². The Hall–Kier alpha value is -1.11. The molecule has 1 saturated carbocycles. The van der Waals surface area contributed by atoms with Gasteiger partial charge in [0.2, 0.25) is 10.0 Å². The first-order valence-electron chi connectivity index (χ1n) is 8.88. The van der Waals surface area contributed by atoms with Gasteiger partial charge in [0.1, 0.15) is 0 Å². The molecule has 0 saturated heterocycles. The smallest absolute Gasteiger partial charge is 0.240 e. The van der Waals surface area contributed by atoms with E-state index in [1.807, 2.05) is 19.1 Å². The summed E-state index contributed by atoms with van der Waals surface area (Å²) in [5.41, 5.74) is 1.94. The highest BCUT2D eigenvalue weighted by atomic mass is 35.5. The zero-order valence-corrected chi connectivity index (χ0v) is 17.6. The Kier molecular flexibility index (Phi) is 5.90. The highest BCUT2D eigenvalue weighted by Gasteiger charge is 2.31. The lowest BCUT2D eigenvalue weighted by Gasteiger charge is -2.33. The van der Waals surface area contributed by atoms with Crippen LogP contribution < -0.4 is 4.72 Å². The van der Waals surface area contributed by atoms with E-state index in [4.69, 9.17) is 23.2 Å². The van der Waals surface area contributed by atoms with E-state index in [0.29, 0.717) is 35.7 Å². The second-order valence-corrected chi connectivity index (χ2v) is 10.1. The monoisotopic (exact) mass is 427 g/mol. The van der Waals surface area contributed by atoms with Crippen LogP contribution in [0.5, 0.6) is 0 Å². The van der Waals surface area contributed by atoms with Gasteiger partial charge in [-0.25, -0.2) is 13.1 Å². The van der Waals surface area contributed by atoms with Crippen molar-refractivity contribution < 1.29 is 13.5 Å². The van der Waals surface area contributed by atoms with Crippen molar-refractivity contribution in [1.82, 2.24) is 4.72 Å². The van der Waals surface area contributed by atoms with Gasteiger partial charge in [-0.1, -0.05) is 35.3 Å². The summed E-state index contributed by atoms with van der Waals surface area (Å²) in [4.78, 5) is 0.139. The molecule has 0 radical (unpaired) electrons. The lowest BCUT2D eigenvalue weighted by molar-refractivity contribution is 0.0163. The van der Waals surface area contributed by atoms with Crippen molar-refractivity contribution in [3.8, 4) is 11.1 Å². The van der Waals surface area contributed by atoms with Crippen molar-refractivity contribution in [1.29, 1.82) is 0 Å². The van der Waals surface area contributed by atoms with E-state index in [9.17, 15) is 13.5 Å². The average Bonchev–Trinajstić information content (AvgIpc) is 2.57. The summed E-state index contributed by atoms with van der Waals surface area (Å²) in [6.07, 6.45) is 2.38. The minimum Gasteiger partial charge on any atom is -0.390 e. The first kappa shape index (κ1) is 20.6. The molecule has 0 amide bonds. The zero-order chi connectivity index (χ0) is 19.8. The van der Waals surface area contributed by atoms with Gasteiger partial charge in [0.25, 0.3) is 0 Å².